The zero-order valence-corrected chi connectivity index (χ0v) is 15.2. The molecular weight excluding hydrogens is 344 g/mol. The Kier molecular flexibility index (Phi) is 5.61. The van der Waals surface area contributed by atoms with E-state index < -0.39 is 10.0 Å². The van der Waals surface area contributed by atoms with Crippen LogP contribution in [0, 0.1) is 0 Å². The van der Waals surface area contributed by atoms with E-state index in [9.17, 15) is 13.2 Å². The Morgan fingerprint density at radius 2 is 2.04 bits per heavy atom. The summed E-state index contributed by atoms with van der Waals surface area (Å²) in [4.78, 5) is 14.4. The van der Waals surface area contributed by atoms with Crippen LogP contribution in [0.15, 0.2) is 29.2 Å². The van der Waals surface area contributed by atoms with Gasteiger partial charge in [0.1, 0.15) is 11.9 Å². The zero-order valence-electron chi connectivity index (χ0n) is 14.4. The third kappa shape index (κ3) is 3.96. The monoisotopic (exact) mass is 368 g/mol. The van der Waals surface area contributed by atoms with Crippen molar-refractivity contribution in [1.82, 2.24) is 9.21 Å². The van der Waals surface area contributed by atoms with Crippen LogP contribution in [0.4, 0.5) is 0 Å². The molecule has 0 bridgehead atoms. The first-order chi connectivity index (χ1) is 12.0. The Labute approximate surface area is 148 Å². The molecule has 3 rings (SSSR count). The van der Waals surface area contributed by atoms with Crippen LogP contribution < -0.4 is 4.74 Å². The number of rotatable bonds is 4. The lowest BCUT2D eigenvalue weighted by atomic mass is 10.2. The molecule has 0 aromatic heterocycles. The SMILES string of the molecule is COc1cccc(S(=O)(=O)N2CCCN(C(=O)C3CCCO3)CC2)c1. The summed E-state index contributed by atoms with van der Waals surface area (Å²) in [5.41, 5.74) is 0. The van der Waals surface area contributed by atoms with Gasteiger partial charge in [0, 0.05) is 38.9 Å². The van der Waals surface area contributed by atoms with Crippen molar-refractivity contribution in [2.24, 2.45) is 0 Å². The standard InChI is InChI=1S/C17H24N2O5S/c1-23-14-5-2-6-15(13-14)25(21,22)19-9-4-8-18(10-11-19)17(20)16-7-3-12-24-16/h2,5-6,13,16H,3-4,7-12H2,1H3. The highest BCUT2D eigenvalue weighted by atomic mass is 32.2. The topological polar surface area (TPSA) is 76.2 Å². The molecule has 25 heavy (non-hydrogen) atoms. The van der Waals surface area contributed by atoms with Crippen molar-refractivity contribution < 1.29 is 22.7 Å². The molecule has 2 fully saturated rings. The van der Waals surface area contributed by atoms with Crippen LogP contribution in [-0.2, 0) is 19.6 Å². The first-order valence-electron chi connectivity index (χ1n) is 8.57. The molecule has 2 aliphatic heterocycles. The number of nitrogens with zero attached hydrogens (tertiary/aromatic N) is 2. The van der Waals surface area contributed by atoms with Gasteiger partial charge in [0.15, 0.2) is 0 Å². The number of ether oxygens (including phenoxy) is 2. The number of carbonyl (C=O) groups excluding carboxylic acids is 1. The van der Waals surface area contributed by atoms with Gasteiger partial charge in [-0.05, 0) is 31.4 Å². The average molecular weight is 368 g/mol. The largest absolute Gasteiger partial charge is 0.497 e. The van der Waals surface area contributed by atoms with Crippen LogP contribution in [-0.4, -0.2) is 69.5 Å². The van der Waals surface area contributed by atoms with Gasteiger partial charge in [-0.25, -0.2) is 8.42 Å². The molecule has 138 valence electrons. The molecule has 0 spiro atoms. The predicted octanol–water partition coefficient (Wildman–Crippen LogP) is 1.10. The maximum Gasteiger partial charge on any atom is 0.251 e. The highest BCUT2D eigenvalue weighted by molar-refractivity contribution is 7.89. The van der Waals surface area contributed by atoms with Crippen LogP contribution in [0.3, 0.4) is 0 Å². The maximum atomic E-state index is 12.9. The second-order valence-electron chi connectivity index (χ2n) is 6.26. The highest BCUT2D eigenvalue weighted by Gasteiger charge is 2.32. The minimum absolute atomic E-state index is 0.0156. The number of hydrogen-bond acceptors (Lipinski definition) is 5. The molecule has 0 N–H and O–H groups in total. The molecule has 1 aromatic carbocycles. The van der Waals surface area contributed by atoms with E-state index in [1.807, 2.05) is 0 Å². The van der Waals surface area contributed by atoms with E-state index in [2.05, 4.69) is 0 Å². The lowest BCUT2D eigenvalue weighted by Gasteiger charge is -2.24. The van der Waals surface area contributed by atoms with Crippen LogP contribution >= 0.6 is 0 Å². The molecule has 0 saturated carbocycles. The first kappa shape index (κ1) is 18.2. The third-order valence-corrected chi connectivity index (χ3v) is 6.55. The van der Waals surface area contributed by atoms with E-state index in [4.69, 9.17) is 9.47 Å². The summed E-state index contributed by atoms with van der Waals surface area (Å²) in [6.45, 7) is 2.26. The lowest BCUT2D eigenvalue weighted by Crippen LogP contribution is -2.41. The second kappa shape index (κ2) is 7.72. The maximum absolute atomic E-state index is 12.9. The quantitative estimate of drug-likeness (QED) is 0.795. The smallest absolute Gasteiger partial charge is 0.251 e. The van der Waals surface area contributed by atoms with E-state index in [0.717, 1.165) is 12.8 Å². The minimum Gasteiger partial charge on any atom is -0.497 e. The number of hydrogen-bond donors (Lipinski definition) is 0. The van der Waals surface area contributed by atoms with E-state index in [1.54, 1.807) is 23.1 Å². The van der Waals surface area contributed by atoms with Crippen LogP contribution in [0.1, 0.15) is 19.3 Å². The van der Waals surface area contributed by atoms with Gasteiger partial charge in [0.25, 0.3) is 5.91 Å². The Bertz CT molecular complexity index is 716. The molecule has 0 radical (unpaired) electrons. The summed E-state index contributed by atoms with van der Waals surface area (Å²) >= 11 is 0. The molecule has 2 aliphatic rings. The van der Waals surface area contributed by atoms with Gasteiger partial charge in [-0.3, -0.25) is 4.79 Å². The molecule has 2 saturated heterocycles. The third-order valence-electron chi connectivity index (χ3n) is 4.65. The normalized spacial score (nSPS) is 22.6. The van der Waals surface area contributed by atoms with Crippen molar-refractivity contribution in [3.8, 4) is 5.75 Å². The van der Waals surface area contributed by atoms with Gasteiger partial charge in [-0.1, -0.05) is 6.07 Å². The Morgan fingerprint density at radius 3 is 2.76 bits per heavy atom. The van der Waals surface area contributed by atoms with Gasteiger partial charge >= 0.3 is 0 Å². The summed E-state index contributed by atoms with van der Waals surface area (Å²) in [6.07, 6.45) is 1.91. The second-order valence-corrected chi connectivity index (χ2v) is 8.20. The van der Waals surface area contributed by atoms with E-state index in [1.165, 1.54) is 17.5 Å². The fourth-order valence-corrected chi connectivity index (χ4v) is 4.75. The van der Waals surface area contributed by atoms with E-state index >= 15 is 0 Å². The number of sulfonamides is 1. The van der Waals surface area contributed by atoms with Crippen molar-refractivity contribution >= 4 is 15.9 Å². The highest BCUT2D eigenvalue weighted by Crippen LogP contribution is 2.22. The summed E-state index contributed by atoms with van der Waals surface area (Å²) < 4.78 is 37.8. The molecule has 7 nitrogen and oxygen atoms in total. The number of amides is 1. The van der Waals surface area contributed by atoms with Crippen molar-refractivity contribution in [2.75, 3.05) is 39.9 Å². The molecular formula is C17H24N2O5S. The zero-order chi connectivity index (χ0) is 17.9. The van der Waals surface area contributed by atoms with Gasteiger partial charge in [-0.2, -0.15) is 4.31 Å². The fraction of sp³-hybridized carbons (Fsp3) is 0.588. The molecule has 1 amide bonds. The summed E-state index contributed by atoms with van der Waals surface area (Å²) in [7, 11) is -2.10. The van der Waals surface area contributed by atoms with Gasteiger partial charge in [0.2, 0.25) is 10.0 Å². The van der Waals surface area contributed by atoms with E-state index in [-0.39, 0.29) is 23.5 Å². The summed E-state index contributed by atoms with van der Waals surface area (Å²) in [5.74, 6) is 0.490. The number of methoxy groups -OCH3 is 1. The van der Waals surface area contributed by atoms with Gasteiger partial charge < -0.3 is 14.4 Å². The molecule has 2 heterocycles. The van der Waals surface area contributed by atoms with Crippen molar-refractivity contribution in [1.29, 1.82) is 0 Å². The van der Waals surface area contributed by atoms with Crippen LogP contribution in [0.2, 0.25) is 0 Å². The Hall–Kier alpha value is -1.64. The fourth-order valence-electron chi connectivity index (χ4n) is 3.24. The van der Waals surface area contributed by atoms with Gasteiger partial charge in [0.05, 0.1) is 12.0 Å². The summed E-state index contributed by atoms with van der Waals surface area (Å²) in [6, 6.07) is 6.47. The number of benzene rings is 1. The van der Waals surface area contributed by atoms with Crippen molar-refractivity contribution in [3.05, 3.63) is 24.3 Å². The lowest BCUT2D eigenvalue weighted by molar-refractivity contribution is -0.140. The molecule has 8 heteroatoms. The van der Waals surface area contributed by atoms with Crippen LogP contribution in [0.25, 0.3) is 0 Å². The number of carbonyl (C=O) groups is 1. The van der Waals surface area contributed by atoms with Gasteiger partial charge in [-0.15, -0.1) is 0 Å². The molecule has 1 aromatic rings. The minimum atomic E-state index is -3.60. The molecule has 1 atom stereocenters. The van der Waals surface area contributed by atoms with Crippen LogP contribution in [0.5, 0.6) is 5.75 Å². The first-order valence-corrected chi connectivity index (χ1v) is 10.0. The van der Waals surface area contributed by atoms with Crippen molar-refractivity contribution in [2.45, 2.75) is 30.3 Å². The predicted molar refractivity (Wildman–Crippen MR) is 91.9 cm³/mol. The van der Waals surface area contributed by atoms with Crippen molar-refractivity contribution in [3.63, 3.8) is 0 Å². The molecule has 0 aliphatic carbocycles. The Balaban J connectivity index is 1.70. The molecule has 1 unspecified atom stereocenters. The Morgan fingerprint density at radius 1 is 1.20 bits per heavy atom. The average Bonchev–Trinajstić information content (AvgIpc) is 3.05. The summed E-state index contributed by atoms with van der Waals surface area (Å²) in [5, 5.41) is 0. The van der Waals surface area contributed by atoms with E-state index in [0.29, 0.717) is 38.4 Å².